The predicted octanol–water partition coefficient (Wildman–Crippen LogP) is 2.40. The molecule has 1 fully saturated rings. The number of likely N-dealkylation sites (tertiary alicyclic amines) is 1. The van der Waals surface area contributed by atoms with Crippen LogP contribution in [0.2, 0.25) is 0 Å². The molecule has 1 aliphatic heterocycles. The Morgan fingerprint density at radius 3 is 2.62 bits per heavy atom. The number of hydrogen-bond donors (Lipinski definition) is 0. The molecule has 2 aromatic rings. The molecular formula is C17H25N5OS. The number of pyridine rings is 1. The summed E-state index contributed by atoms with van der Waals surface area (Å²) in [6.07, 6.45) is 7.41. The molecule has 0 saturated carbocycles. The van der Waals surface area contributed by atoms with Crippen molar-refractivity contribution in [1.82, 2.24) is 24.6 Å². The molecule has 0 aliphatic carbocycles. The zero-order valence-corrected chi connectivity index (χ0v) is 15.4. The SMILES string of the molecule is COc1ccc(CN2CCC(Cc3nnc(SC)n3C)CC2)cn1. The van der Waals surface area contributed by atoms with E-state index in [2.05, 4.69) is 37.8 Å². The largest absolute Gasteiger partial charge is 0.481 e. The molecule has 0 spiro atoms. The van der Waals surface area contributed by atoms with Gasteiger partial charge in [0.05, 0.1) is 7.11 Å². The molecule has 2 aromatic heterocycles. The second kappa shape index (κ2) is 7.98. The summed E-state index contributed by atoms with van der Waals surface area (Å²) >= 11 is 1.65. The fourth-order valence-corrected chi connectivity index (χ4v) is 3.69. The molecule has 6 nitrogen and oxygen atoms in total. The van der Waals surface area contributed by atoms with Gasteiger partial charge in [-0.3, -0.25) is 4.90 Å². The molecule has 0 N–H and O–H groups in total. The lowest BCUT2D eigenvalue weighted by atomic mass is 9.93. The fraction of sp³-hybridized carbons (Fsp3) is 0.588. The van der Waals surface area contributed by atoms with Crippen LogP contribution >= 0.6 is 11.8 Å². The van der Waals surface area contributed by atoms with Crippen LogP contribution in [-0.4, -0.2) is 51.1 Å². The smallest absolute Gasteiger partial charge is 0.212 e. The van der Waals surface area contributed by atoms with Crippen molar-refractivity contribution in [2.45, 2.75) is 31.0 Å². The van der Waals surface area contributed by atoms with Crippen LogP contribution in [0.25, 0.3) is 0 Å². The van der Waals surface area contributed by atoms with Crippen LogP contribution < -0.4 is 4.74 Å². The van der Waals surface area contributed by atoms with E-state index in [1.807, 2.05) is 18.5 Å². The van der Waals surface area contributed by atoms with Crippen molar-refractivity contribution in [3.63, 3.8) is 0 Å². The Morgan fingerprint density at radius 1 is 1.25 bits per heavy atom. The number of thioether (sulfide) groups is 1. The summed E-state index contributed by atoms with van der Waals surface area (Å²) in [5.74, 6) is 2.48. The summed E-state index contributed by atoms with van der Waals surface area (Å²) < 4.78 is 7.24. The van der Waals surface area contributed by atoms with E-state index in [0.717, 1.165) is 37.0 Å². The predicted molar refractivity (Wildman–Crippen MR) is 95.3 cm³/mol. The Morgan fingerprint density at radius 2 is 2.04 bits per heavy atom. The second-order valence-corrected chi connectivity index (χ2v) is 7.07. The zero-order valence-electron chi connectivity index (χ0n) is 14.6. The topological polar surface area (TPSA) is 56.1 Å². The first-order valence-corrected chi connectivity index (χ1v) is 9.55. The number of nitrogens with zero attached hydrogens (tertiary/aromatic N) is 5. The molecule has 0 unspecified atom stereocenters. The summed E-state index contributed by atoms with van der Waals surface area (Å²) in [6.45, 7) is 3.22. The van der Waals surface area contributed by atoms with E-state index in [1.54, 1.807) is 18.9 Å². The van der Waals surface area contributed by atoms with Crippen molar-refractivity contribution in [2.75, 3.05) is 26.5 Å². The summed E-state index contributed by atoms with van der Waals surface area (Å²) in [5.41, 5.74) is 1.24. The summed E-state index contributed by atoms with van der Waals surface area (Å²) in [4.78, 5) is 6.79. The molecule has 0 bridgehead atoms. The van der Waals surface area contributed by atoms with Crippen molar-refractivity contribution in [3.8, 4) is 5.88 Å². The minimum Gasteiger partial charge on any atom is -0.481 e. The lowest BCUT2D eigenvalue weighted by Crippen LogP contribution is -2.34. The summed E-state index contributed by atoms with van der Waals surface area (Å²) in [5, 5.41) is 9.57. The maximum atomic E-state index is 5.11. The van der Waals surface area contributed by atoms with Crippen LogP contribution in [0, 0.1) is 5.92 Å². The van der Waals surface area contributed by atoms with Gasteiger partial charge < -0.3 is 9.30 Å². The first kappa shape index (κ1) is 17.2. The number of rotatable bonds is 6. The monoisotopic (exact) mass is 347 g/mol. The third-order valence-corrected chi connectivity index (χ3v) is 5.42. The zero-order chi connectivity index (χ0) is 16.9. The normalized spacial score (nSPS) is 16.5. The summed E-state index contributed by atoms with van der Waals surface area (Å²) in [7, 11) is 3.71. The Bertz CT molecular complexity index is 650. The molecule has 1 saturated heterocycles. The van der Waals surface area contributed by atoms with Crippen LogP contribution in [-0.2, 0) is 20.0 Å². The molecule has 3 heterocycles. The van der Waals surface area contributed by atoms with Crippen LogP contribution in [0.4, 0.5) is 0 Å². The van der Waals surface area contributed by atoms with Gasteiger partial charge in [0.2, 0.25) is 5.88 Å². The number of piperidine rings is 1. The quantitative estimate of drug-likeness (QED) is 0.748. The number of aromatic nitrogens is 4. The van der Waals surface area contributed by atoms with Gasteiger partial charge in [0.25, 0.3) is 0 Å². The average Bonchev–Trinajstić information content (AvgIpc) is 2.97. The Balaban J connectivity index is 1.49. The van der Waals surface area contributed by atoms with Crippen molar-refractivity contribution in [1.29, 1.82) is 0 Å². The van der Waals surface area contributed by atoms with Crippen molar-refractivity contribution in [3.05, 3.63) is 29.7 Å². The maximum absolute atomic E-state index is 5.11. The Kier molecular flexibility index (Phi) is 5.73. The number of methoxy groups -OCH3 is 1. The van der Waals surface area contributed by atoms with Crippen LogP contribution in [0.5, 0.6) is 5.88 Å². The highest BCUT2D eigenvalue weighted by atomic mass is 32.2. The van der Waals surface area contributed by atoms with E-state index in [9.17, 15) is 0 Å². The fourth-order valence-electron chi connectivity index (χ4n) is 3.19. The molecule has 0 radical (unpaired) electrons. The second-order valence-electron chi connectivity index (χ2n) is 6.29. The molecule has 0 amide bonds. The molecule has 1 aliphatic rings. The van der Waals surface area contributed by atoms with Crippen molar-refractivity contribution < 1.29 is 4.74 Å². The van der Waals surface area contributed by atoms with Gasteiger partial charge >= 0.3 is 0 Å². The number of ether oxygens (including phenoxy) is 1. The Labute approximate surface area is 147 Å². The minimum absolute atomic E-state index is 0.672. The average molecular weight is 347 g/mol. The van der Waals surface area contributed by atoms with E-state index < -0.39 is 0 Å². The van der Waals surface area contributed by atoms with Gasteiger partial charge in [-0.1, -0.05) is 17.8 Å². The maximum Gasteiger partial charge on any atom is 0.212 e. The van der Waals surface area contributed by atoms with Gasteiger partial charge in [-0.2, -0.15) is 0 Å². The standard InChI is InChI=1S/C17H25N5OS/c1-21-15(19-20-17(21)24-3)10-13-6-8-22(9-7-13)12-14-4-5-16(23-2)18-11-14/h4-5,11,13H,6-10,12H2,1-3H3. The first-order chi connectivity index (χ1) is 11.7. The lowest BCUT2D eigenvalue weighted by molar-refractivity contribution is 0.175. The van der Waals surface area contributed by atoms with E-state index >= 15 is 0 Å². The highest BCUT2D eigenvalue weighted by molar-refractivity contribution is 7.98. The van der Waals surface area contributed by atoms with Gasteiger partial charge in [-0.25, -0.2) is 4.98 Å². The van der Waals surface area contributed by atoms with E-state index in [0.29, 0.717) is 11.8 Å². The highest BCUT2D eigenvalue weighted by Gasteiger charge is 2.21. The highest BCUT2D eigenvalue weighted by Crippen LogP contribution is 2.23. The molecule has 0 aromatic carbocycles. The number of hydrogen-bond acceptors (Lipinski definition) is 6. The lowest BCUT2D eigenvalue weighted by Gasteiger charge is -2.31. The van der Waals surface area contributed by atoms with Gasteiger partial charge in [-0.05, 0) is 43.7 Å². The van der Waals surface area contributed by atoms with Gasteiger partial charge in [-0.15, -0.1) is 10.2 Å². The minimum atomic E-state index is 0.672. The van der Waals surface area contributed by atoms with Gasteiger partial charge in [0, 0.05) is 32.3 Å². The summed E-state index contributed by atoms with van der Waals surface area (Å²) in [6, 6.07) is 4.03. The van der Waals surface area contributed by atoms with Crippen LogP contribution in [0.15, 0.2) is 23.5 Å². The Hall–Kier alpha value is -1.60. The first-order valence-electron chi connectivity index (χ1n) is 8.33. The van der Waals surface area contributed by atoms with Crippen molar-refractivity contribution >= 4 is 11.8 Å². The van der Waals surface area contributed by atoms with Crippen LogP contribution in [0.3, 0.4) is 0 Å². The molecule has 24 heavy (non-hydrogen) atoms. The third kappa shape index (κ3) is 4.08. The van der Waals surface area contributed by atoms with Gasteiger partial charge in [0.15, 0.2) is 5.16 Å². The van der Waals surface area contributed by atoms with E-state index in [1.165, 1.54) is 18.4 Å². The van der Waals surface area contributed by atoms with Crippen LogP contribution in [0.1, 0.15) is 24.2 Å². The third-order valence-electron chi connectivity index (χ3n) is 4.70. The van der Waals surface area contributed by atoms with Gasteiger partial charge in [0.1, 0.15) is 5.82 Å². The molecule has 7 heteroatoms. The molecular weight excluding hydrogens is 322 g/mol. The molecule has 0 atom stereocenters. The van der Waals surface area contributed by atoms with Crippen molar-refractivity contribution in [2.24, 2.45) is 13.0 Å². The molecule has 3 rings (SSSR count). The molecule has 130 valence electrons. The van der Waals surface area contributed by atoms with E-state index in [4.69, 9.17) is 4.74 Å². The van der Waals surface area contributed by atoms with E-state index in [-0.39, 0.29) is 0 Å².